The molecule has 2 aromatic heterocycles. The Hall–Kier alpha value is -1.75. The Balaban J connectivity index is 2.06. The fourth-order valence-electron chi connectivity index (χ4n) is 1.76. The van der Waals surface area contributed by atoms with Crippen molar-refractivity contribution in [3.05, 3.63) is 58.7 Å². The summed E-state index contributed by atoms with van der Waals surface area (Å²) in [7, 11) is 0. The molecule has 0 atom stereocenters. The molecule has 1 aromatic carbocycles. The Labute approximate surface area is 106 Å². The molecule has 4 nitrogen and oxygen atoms in total. The maximum atomic E-state index is 4.37. The highest BCUT2D eigenvalue weighted by Gasteiger charge is 2.07. The van der Waals surface area contributed by atoms with Crippen LogP contribution in [0.3, 0.4) is 0 Å². The van der Waals surface area contributed by atoms with Gasteiger partial charge in [-0.2, -0.15) is 0 Å². The SMILES string of the molecule is Brc1ccccc1Cc1nccn2cnnc12. The summed E-state index contributed by atoms with van der Waals surface area (Å²) in [5.41, 5.74) is 2.93. The summed E-state index contributed by atoms with van der Waals surface area (Å²) in [6.45, 7) is 0. The van der Waals surface area contributed by atoms with Gasteiger partial charge in [-0.3, -0.25) is 9.38 Å². The summed E-state index contributed by atoms with van der Waals surface area (Å²) in [5, 5.41) is 7.97. The number of hydrogen-bond acceptors (Lipinski definition) is 3. The summed E-state index contributed by atoms with van der Waals surface area (Å²) < 4.78 is 2.96. The molecule has 0 radical (unpaired) electrons. The van der Waals surface area contributed by atoms with Gasteiger partial charge in [-0.1, -0.05) is 34.1 Å². The predicted octanol–water partition coefficient (Wildman–Crippen LogP) is 2.48. The van der Waals surface area contributed by atoms with E-state index >= 15 is 0 Å². The van der Waals surface area contributed by atoms with Gasteiger partial charge < -0.3 is 0 Å². The standard InChI is InChI=1S/C12H9BrN4/c13-10-4-2-1-3-9(10)7-11-12-16-15-8-17(12)6-5-14-11/h1-6,8H,7H2. The minimum Gasteiger partial charge on any atom is -0.286 e. The Kier molecular flexibility index (Phi) is 2.60. The lowest BCUT2D eigenvalue weighted by molar-refractivity contribution is 1.01. The minimum atomic E-state index is 0.741. The van der Waals surface area contributed by atoms with Crippen molar-refractivity contribution in [1.82, 2.24) is 19.6 Å². The molecular weight excluding hydrogens is 280 g/mol. The van der Waals surface area contributed by atoms with Gasteiger partial charge in [0.05, 0.1) is 5.69 Å². The van der Waals surface area contributed by atoms with E-state index < -0.39 is 0 Å². The van der Waals surface area contributed by atoms with Crippen LogP contribution >= 0.6 is 15.9 Å². The maximum absolute atomic E-state index is 4.37. The summed E-state index contributed by atoms with van der Waals surface area (Å²) in [4.78, 5) is 4.37. The van der Waals surface area contributed by atoms with Crippen molar-refractivity contribution in [2.45, 2.75) is 6.42 Å². The zero-order chi connectivity index (χ0) is 11.7. The zero-order valence-electron chi connectivity index (χ0n) is 8.92. The lowest BCUT2D eigenvalue weighted by Gasteiger charge is -2.04. The van der Waals surface area contributed by atoms with Crippen molar-refractivity contribution < 1.29 is 0 Å². The molecule has 5 heteroatoms. The molecule has 0 saturated carbocycles. The first-order chi connectivity index (χ1) is 8.34. The Morgan fingerprint density at radius 3 is 3.00 bits per heavy atom. The first kappa shape index (κ1) is 10.4. The van der Waals surface area contributed by atoms with Crippen molar-refractivity contribution in [2.24, 2.45) is 0 Å². The molecule has 0 aliphatic rings. The van der Waals surface area contributed by atoms with E-state index in [0.717, 1.165) is 22.2 Å². The van der Waals surface area contributed by atoms with Gasteiger partial charge in [0, 0.05) is 23.3 Å². The second kappa shape index (κ2) is 4.25. The molecule has 84 valence electrons. The monoisotopic (exact) mass is 288 g/mol. The number of halogens is 1. The first-order valence-electron chi connectivity index (χ1n) is 5.21. The third-order valence-corrected chi connectivity index (χ3v) is 3.38. The van der Waals surface area contributed by atoms with E-state index in [9.17, 15) is 0 Å². The van der Waals surface area contributed by atoms with Gasteiger partial charge in [0.15, 0.2) is 5.65 Å². The average molecular weight is 289 g/mol. The summed E-state index contributed by atoms with van der Waals surface area (Å²) >= 11 is 3.54. The smallest absolute Gasteiger partial charge is 0.182 e. The molecule has 0 N–H and O–H groups in total. The second-order valence-electron chi connectivity index (χ2n) is 3.70. The number of aromatic nitrogens is 4. The number of benzene rings is 1. The van der Waals surface area contributed by atoms with Crippen LogP contribution in [0.2, 0.25) is 0 Å². The highest BCUT2D eigenvalue weighted by molar-refractivity contribution is 9.10. The maximum Gasteiger partial charge on any atom is 0.182 e. The van der Waals surface area contributed by atoms with Crippen molar-refractivity contribution in [1.29, 1.82) is 0 Å². The fraction of sp³-hybridized carbons (Fsp3) is 0.0833. The van der Waals surface area contributed by atoms with Crippen LogP contribution in [0.15, 0.2) is 47.5 Å². The van der Waals surface area contributed by atoms with Crippen LogP contribution in [-0.4, -0.2) is 19.6 Å². The van der Waals surface area contributed by atoms with E-state index in [4.69, 9.17) is 0 Å². The summed E-state index contributed by atoms with van der Waals surface area (Å²) in [5.74, 6) is 0. The lowest BCUT2D eigenvalue weighted by atomic mass is 10.1. The van der Waals surface area contributed by atoms with Gasteiger partial charge >= 0.3 is 0 Å². The first-order valence-corrected chi connectivity index (χ1v) is 6.00. The van der Waals surface area contributed by atoms with Crippen LogP contribution in [0.5, 0.6) is 0 Å². The van der Waals surface area contributed by atoms with Crippen molar-refractivity contribution in [3.63, 3.8) is 0 Å². The van der Waals surface area contributed by atoms with E-state index in [0.29, 0.717) is 0 Å². The van der Waals surface area contributed by atoms with Gasteiger partial charge in [-0.25, -0.2) is 0 Å². The predicted molar refractivity (Wildman–Crippen MR) is 67.7 cm³/mol. The van der Waals surface area contributed by atoms with E-state index in [-0.39, 0.29) is 0 Å². The summed E-state index contributed by atoms with van der Waals surface area (Å²) in [6.07, 6.45) is 6.03. The lowest BCUT2D eigenvalue weighted by Crippen LogP contribution is -1.97. The molecular formula is C12H9BrN4. The highest BCUT2D eigenvalue weighted by atomic mass is 79.9. The molecule has 0 bridgehead atoms. The Morgan fingerprint density at radius 2 is 2.12 bits per heavy atom. The molecule has 3 rings (SSSR count). The largest absolute Gasteiger partial charge is 0.286 e. The van der Waals surface area contributed by atoms with Crippen LogP contribution < -0.4 is 0 Å². The third kappa shape index (κ3) is 1.93. The molecule has 0 spiro atoms. The molecule has 0 aliphatic heterocycles. The third-order valence-electron chi connectivity index (χ3n) is 2.60. The number of hydrogen-bond donors (Lipinski definition) is 0. The van der Waals surface area contributed by atoms with Crippen LogP contribution in [-0.2, 0) is 6.42 Å². The normalized spacial score (nSPS) is 10.9. The van der Waals surface area contributed by atoms with Crippen molar-refractivity contribution >= 4 is 21.6 Å². The molecule has 0 aliphatic carbocycles. The van der Waals surface area contributed by atoms with E-state index in [2.05, 4.69) is 37.2 Å². The zero-order valence-corrected chi connectivity index (χ0v) is 10.5. The molecule has 0 saturated heterocycles. The van der Waals surface area contributed by atoms with E-state index in [1.54, 1.807) is 12.5 Å². The topological polar surface area (TPSA) is 43.1 Å². The van der Waals surface area contributed by atoms with Crippen LogP contribution in [0.4, 0.5) is 0 Å². The van der Waals surface area contributed by atoms with E-state index in [1.807, 2.05) is 28.8 Å². The molecule has 17 heavy (non-hydrogen) atoms. The van der Waals surface area contributed by atoms with Crippen molar-refractivity contribution in [3.8, 4) is 0 Å². The Bertz CT molecular complexity index is 662. The molecule has 0 amide bonds. The van der Waals surface area contributed by atoms with Gasteiger partial charge in [-0.15, -0.1) is 10.2 Å². The molecule has 3 aromatic rings. The number of fused-ring (bicyclic) bond motifs is 1. The quantitative estimate of drug-likeness (QED) is 0.728. The van der Waals surface area contributed by atoms with Crippen LogP contribution in [0, 0.1) is 0 Å². The highest BCUT2D eigenvalue weighted by Crippen LogP contribution is 2.19. The second-order valence-corrected chi connectivity index (χ2v) is 4.56. The Morgan fingerprint density at radius 1 is 1.24 bits per heavy atom. The van der Waals surface area contributed by atoms with Gasteiger partial charge in [-0.05, 0) is 11.6 Å². The molecule has 0 fully saturated rings. The number of nitrogens with zero attached hydrogens (tertiary/aromatic N) is 4. The van der Waals surface area contributed by atoms with Crippen molar-refractivity contribution in [2.75, 3.05) is 0 Å². The minimum absolute atomic E-state index is 0.741. The summed E-state index contributed by atoms with van der Waals surface area (Å²) in [6, 6.07) is 8.12. The molecule has 2 heterocycles. The molecule has 0 unspecified atom stereocenters. The van der Waals surface area contributed by atoms with Gasteiger partial charge in [0.25, 0.3) is 0 Å². The van der Waals surface area contributed by atoms with Crippen LogP contribution in [0.25, 0.3) is 5.65 Å². The number of rotatable bonds is 2. The van der Waals surface area contributed by atoms with E-state index in [1.165, 1.54) is 5.56 Å². The van der Waals surface area contributed by atoms with Gasteiger partial charge in [0.2, 0.25) is 0 Å². The van der Waals surface area contributed by atoms with Gasteiger partial charge in [0.1, 0.15) is 6.33 Å². The average Bonchev–Trinajstić information content (AvgIpc) is 2.81. The van der Waals surface area contributed by atoms with Crippen LogP contribution in [0.1, 0.15) is 11.3 Å². The fourth-order valence-corrected chi connectivity index (χ4v) is 2.18.